The lowest BCUT2D eigenvalue weighted by Crippen LogP contribution is -2.47. The Morgan fingerprint density at radius 3 is 1.60 bits per heavy atom. The van der Waals surface area contributed by atoms with E-state index < -0.39 is 18.1 Å². The fourth-order valence-corrected chi connectivity index (χ4v) is 2.35. The van der Waals surface area contributed by atoms with Crippen molar-refractivity contribution < 1.29 is 22.0 Å². The van der Waals surface area contributed by atoms with Crippen molar-refractivity contribution in [2.45, 2.75) is 45.8 Å². The van der Waals surface area contributed by atoms with Gasteiger partial charge in [-0.3, -0.25) is 0 Å². The molecule has 0 saturated carbocycles. The van der Waals surface area contributed by atoms with Gasteiger partial charge in [-0.25, -0.2) is 0 Å². The minimum Gasteiger partial charge on any atom is -0.308 e. The number of alkyl halides is 5. The van der Waals surface area contributed by atoms with Gasteiger partial charge >= 0.3 is 12.1 Å². The summed E-state index contributed by atoms with van der Waals surface area (Å²) >= 11 is 0. The van der Waals surface area contributed by atoms with Crippen LogP contribution in [0.1, 0.15) is 33.9 Å². The molecule has 0 bridgehead atoms. The van der Waals surface area contributed by atoms with Gasteiger partial charge in [0.25, 0.3) is 0 Å². The van der Waals surface area contributed by atoms with Crippen molar-refractivity contribution in [1.82, 2.24) is 5.32 Å². The zero-order valence-electron chi connectivity index (χ0n) is 12.0. The smallest absolute Gasteiger partial charge is 0.308 e. The summed E-state index contributed by atoms with van der Waals surface area (Å²) in [6.45, 7) is 6.52. The monoisotopic (exact) mass is 295 g/mol. The number of aryl methyl sites for hydroxylation is 2. The maximum atomic E-state index is 13.7. The summed E-state index contributed by atoms with van der Waals surface area (Å²) in [5.41, 5.74) is 2.32. The summed E-state index contributed by atoms with van der Waals surface area (Å²) in [7, 11) is 1.11. The maximum absolute atomic E-state index is 13.7. The topological polar surface area (TPSA) is 12.0 Å². The van der Waals surface area contributed by atoms with E-state index in [9.17, 15) is 22.0 Å². The van der Waals surface area contributed by atoms with Gasteiger partial charge in [0, 0.05) is 0 Å². The molecule has 0 amide bonds. The van der Waals surface area contributed by atoms with Gasteiger partial charge in [0.1, 0.15) is 6.04 Å². The lowest BCUT2D eigenvalue weighted by molar-refractivity contribution is -0.294. The Bertz CT molecular complexity index is 479. The molecule has 1 rings (SSSR count). The number of rotatable bonds is 3. The summed E-state index contributed by atoms with van der Waals surface area (Å²) in [4.78, 5) is 0. The standard InChI is InChI=1S/C14H18F5N/c1-7-6-8(2)10(4)11(9(7)3)12(20-5)13(15,16)14(17,18)19/h6,12,20H,1-5H3. The first-order valence-electron chi connectivity index (χ1n) is 6.14. The van der Waals surface area contributed by atoms with Gasteiger partial charge in [0.2, 0.25) is 0 Å². The SMILES string of the molecule is CNC(c1c(C)c(C)cc(C)c1C)C(F)(F)C(F)(F)F. The van der Waals surface area contributed by atoms with Crippen LogP contribution in [0.25, 0.3) is 0 Å². The molecule has 1 N–H and O–H groups in total. The van der Waals surface area contributed by atoms with Crippen molar-refractivity contribution in [3.8, 4) is 0 Å². The van der Waals surface area contributed by atoms with Crippen molar-refractivity contribution in [2.24, 2.45) is 0 Å². The molecule has 0 aromatic heterocycles. The van der Waals surface area contributed by atoms with Crippen molar-refractivity contribution in [3.05, 3.63) is 33.9 Å². The highest BCUT2D eigenvalue weighted by atomic mass is 19.4. The van der Waals surface area contributed by atoms with Crippen molar-refractivity contribution in [2.75, 3.05) is 7.05 Å². The van der Waals surface area contributed by atoms with Gasteiger partial charge in [0.15, 0.2) is 0 Å². The van der Waals surface area contributed by atoms with E-state index in [1.807, 2.05) is 0 Å². The number of halogens is 5. The van der Waals surface area contributed by atoms with Gasteiger partial charge in [-0.05, 0) is 62.6 Å². The van der Waals surface area contributed by atoms with Gasteiger partial charge < -0.3 is 5.32 Å². The maximum Gasteiger partial charge on any atom is 0.455 e. The Morgan fingerprint density at radius 2 is 1.30 bits per heavy atom. The molecule has 1 aromatic rings. The summed E-state index contributed by atoms with van der Waals surface area (Å²) < 4.78 is 65.3. The van der Waals surface area contributed by atoms with Gasteiger partial charge in [0.05, 0.1) is 0 Å². The number of benzene rings is 1. The lowest BCUT2D eigenvalue weighted by Gasteiger charge is -2.31. The van der Waals surface area contributed by atoms with Crippen molar-refractivity contribution in [3.63, 3.8) is 0 Å². The van der Waals surface area contributed by atoms with Crippen LogP contribution in [0, 0.1) is 27.7 Å². The highest BCUT2D eigenvalue weighted by molar-refractivity contribution is 5.46. The van der Waals surface area contributed by atoms with E-state index in [0.717, 1.165) is 7.05 Å². The Hall–Kier alpha value is -1.17. The van der Waals surface area contributed by atoms with E-state index in [2.05, 4.69) is 5.32 Å². The van der Waals surface area contributed by atoms with E-state index in [-0.39, 0.29) is 5.56 Å². The molecule has 0 radical (unpaired) electrons. The quantitative estimate of drug-likeness (QED) is 0.816. The van der Waals surface area contributed by atoms with Gasteiger partial charge in [-0.1, -0.05) is 6.07 Å². The highest BCUT2D eigenvalue weighted by Gasteiger charge is 2.62. The molecule has 1 atom stereocenters. The van der Waals surface area contributed by atoms with Crippen molar-refractivity contribution in [1.29, 1.82) is 0 Å². The Kier molecular flexibility index (Phi) is 4.49. The molecular formula is C14H18F5N. The predicted octanol–water partition coefficient (Wildman–Crippen LogP) is 4.38. The van der Waals surface area contributed by atoms with Crippen LogP contribution in [-0.2, 0) is 0 Å². The molecule has 1 aromatic carbocycles. The van der Waals surface area contributed by atoms with Crippen LogP contribution in [0.2, 0.25) is 0 Å². The second-order valence-electron chi connectivity index (χ2n) is 5.02. The molecule has 1 nitrogen and oxygen atoms in total. The van der Waals surface area contributed by atoms with Crippen LogP contribution in [-0.4, -0.2) is 19.1 Å². The molecule has 0 aliphatic carbocycles. The van der Waals surface area contributed by atoms with E-state index in [1.54, 1.807) is 33.8 Å². The molecule has 1 unspecified atom stereocenters. The van der Waals surface area contributed by atoms with E-state index in [4.69, 9.17) is 0 Å². The second kappa shape index (κ2) is 5.31. The third-order valence-electron chi connectivity index (χ3n) is 3.74. The Balaban J connectivity index is 3.56. The number of hydrogen-bond acceptors (Lipinski definition) is 1. The average Bonchev–Trinajstić information content (AvgIpc) is 2.30. The highest BCUT2D eigenvalue weighted by Crippen LogP contribution is 2.46. The molecule has 0 aliphatic rings. The Labute approximate surface area is 115 Å². The van der Waals surface area contributed by atoms with E-state index in [0.29, 0.717) is 22.3 Å². The predicted molar refractivity (Wildman–Crippen MR) is 68.2 cm³/mol. The summed E-state index contributed by atoms with van der Waals surface area (Å²) in [5.74, 6) is -4.84. The molecule has 0 saturated heterocycles. The van der Waals surface area contributed by atoms with Crippen molar-refractivity contribution >= 4 is 0 Å². The number of hydrogen-bond donors (Lipinski definition) is 1. The van der Waals surface area contributed by atoms with Crippen LogP contribution < -0.4 is 5.32 Å². The Morgan fingerprint density at radius 1 is 0.900 bits per heavy atom. The largest absolute Gasteiger partial charge is 0.455 e. The third kappa shape index (κ3) is 2.66. The number of nitrogens with one attached hydrogen (secondary N) is 1. The van der Waals surface area contributed by atoms with E-state index in [1.165, 1.54) is 0 Å². The zero-order valence-corrected chi connectivity index (χ0v) is 12.0. The van der Waals surface area contributed by atoms with Gasteiger partial charge in [-0.15, -0.1) is 0 Å². The molecule has 114 valence electrons. The average molecular weight is 295 g/mol. The van der Waals surface area contributed by atoms with Crippen LogP contribution in [0.4, 0.5) is 22.0 Å². The van der Waals surface area contributed by atoms with E-state index >= 15 is 0 Å². The first kappa shape index (κ1) is 16.9. The van der Waals surface area contributed by atoms with Gasteiger partial charge in [-0.2, -0.15) is 22.0 Å². The minimum absolute atomic E-state index is 0.0207. The summed E-state index contributed by atoms with van der Waals surface area (Å²) in [6, 6.07) is -0.312. The normalized spacial score (nSPS) is 14.5. The molecule has 0 fully saturated rings. The first-order chi connectivity index (χ1) is 8.95. The minimum atomic E-state index is -5.60. The molecule has 20 heavy (non-hydrogen) atoms. The van der Waals surface area contributed by atoms with Crippen LogP contribution in [0.3, 0.4) is 0 Å². The van der Waals surface area contributed by atoms with Crippen LogP contribution in [0.5, 0.6) is 0 Å². The lowest BCUT2D eigenvalue weighted by atomic mass is 9.87. The summed E-state index contributed by atoms with van der Waals surface area (Å²) in [6.07, 6.45) is -5.60. The fourth-order valence-electron chi connectivity index (χ4n) is 2.35. The zero-order chi connectivity index (χ0) is 15.9. The molecule has 0 aliphatic heterocycles. The molecule has 0 spiro atoms. The summed E-state index contributed by atoms with van der Waals surface area (Å²) in [5, 5.41) is 2.13. The van der Waals surface area contributed by atoms with Crippen LogP contribution >= 0.6 is 0 Å². The molecular weight excluding hydrogens is 277 g/mol. The fraction of sp³-hybridized carbons (Fsp3) is 0.571. The molecule has 0 heterocycles. The van der Waals surface area contributed by atoms with Crippen LogP contribution in [0.15, 0.2) is 6.07 Å². The first-order valence-corrected chi connectivity index (χ1v) is 6.14. The molecule has 6 heteroatoms. The third-order valence-corrected chi connectivity index (χ3v) is 3.74. The second-order valence-corrected chi connectivity index (χ2v) is 5.02.